The van der Waals surface area contributed by atoms with Crippen LogP contribution in [0.4, 0.5) is 0 Å². The van der Waals surface area contributed by atoms with E-state index in [1.807, 2.05) is 85.1 Å². The second-order valence-electron chi connectivity index (χ2n) is 9.27. The maximum absolute atomic E-state index is 14.0. The number of amides is 2. The molecule has 1 unspecified atom stereocenters. The number of aromatic nitrogens is 2. The van der Waals surface area contributed by atoms with Gasteiger partial charge in [-0.15, -0.1) is 33.3 Å². The lowest BCUT2D eigenvalue weighted by Crippen LogP contribution is -2.70. The molecule has 0 bridgehead atoms. The number of carbonyl (C=O) groups excluding carboxylic acids is 3. The quantitative estimate of drug-likeness (QED) is 0.237. The molecule has 0 saturated carbocycles. The fourth-order valence-corrected chi connectivity index (χ4v) is 7.61. The summed E-state index contributed by atoms with van der Waals surface area (Å²) in [7, 11) is 0. The number of benzene rings is 2. The van der Waals surface area contributed by atoms with E-state index in [-0.39, 0.29) is 23.9 Å². The van der Waals surface area contributed by atoms with Gasteiger partial charge in [-0.1, -0.05) is 78.1 Å². The van der Waals surface area contributed by atoms with Crippen molar-refractivity contribution >= 4 is 57.8 Å². The Morgan fingerprint density at radius 3 is 2.33 bits per heavy atom. The molecule has 1 N–H and O–H groups in total. The third kappa shape index (κ3) is 5.19. The molecule has 40 heavy (non-hydrogen) atoms. The Kier molecular flexibility index (Phi) is 7.50. The molecular weight excluding hydrogens is 565 g/mol. The predicted octanol–water partition coefficient (Wildman–Crippen LogP) is 4.59. The lowest BCUT2D eigenvalue weighted by molar-refractivity contribution is -0.154. The van der Waals surface area contributed by atoms with E-state index in [0.717, 1.165) is 21.0 Å². The summed E-state index contributed by atoms with van der Waals surface area (Å²) < 4.78 is 6.18. The molecule has 4 heterocycles. The molecule has 0 spiro atoms. The largest absolute Gasteiger partial charge is 0.448 e. The number of esters is 1. The van der Waals surface area contributed by atoms with E-state index in [1.54, 1.807) is 0 Å². The van der Waals surface area contributed by atoms with Crippen molar-refractivity contribution in [1.82, 2.24) is 20.4 Å². The van der Waals surface area contributed by atoms with Crippen LogP contribution in [0.2, 0.25) is 0 Å². The number of β-lactam (4-membered cyclic amide) rings is 1. The second-order valence-corrected chi connectivity index (χ2v) is 12.6. The number of aryl methyl sites for hydroxylation is 1. The number of fused-ring (bicyclic) bond motifs is 1. The fraction of sp³-hybridized carbons (Fsp3) is 0.207. The first-order chi connectivity index (χ1) is 19.5. The van der Waals surface area contributed by atoms with E-state index in [1.165, 1.54) is 39.3 Å². The zero-order valence-electron chi connectivity index (χ0n) is 21.4. The van der Waals surface area contributed by atoms with Crippen molar-refractivity contribution in [3.8, 4) is 0 Å². The number of rotatable bonds is 8. The summed E-state index contributed by atoms with van der Waals surface area (Å²) in [5, 5.41) is 14.1. The minimum atomic E-state index is -0.725. The molecular formula is C29H24N4O4S3. The Morgan fingerprint density at radius 2 is 1.73 bits per heavy atom. The lowest BCUT2D eigenvalue weighted by atomic mass is 10.0. The number of hydrogen-bond acceptors (Lipinski definition) is 9. The normalized spacial score (nSPS) is 18.4. The van der Waals surface area contributed by atoms with E-state index in [4.69, 9.17) is 4.74 Å². The van der Waals surface area contributed by atoms with Crippen LogP contribution >= 0.6 is 34.4 Å². The van der Waals surface area contributed by atoms with Crippen molar-refractivity contribution < 1.29 is 19.1 Å². The molecule has 2 aromatic heterocycles. The Labute approximate surface area is 243 Å². The first-order valence-corrected chi connectivity index (χ1v) is 15.3. The summed E-state index contributed by atoms with van der Waals surface area (Å²) in [6.07, 6.45) is -0.472. The minimum absolute atomic E-state index is 0.158. The van der Waals surface area contributed by atoms with E-state index < -0.39 is 23.5 Å². The smallest absolute Gasteiger partial charge is 0.356 e. The van der Waals surface area contributed by atoms with Gasteiger partial charge in [-0.05, 0) is 29.5 Å². The van der Waals surface area contributed by atoms with Gasteiger partial charge in [-0.25, -0.2) is 4.79 Å². The maximum Gasteiger partial charge on any atom is 0.356 e. The highest BCUT2D eigenvalue weighted by atomic mass is 32.2. The summed E-state index contributed by atoms with van der Waals surface area (Å²) in [5.41, 5.74) is 2.39. The first kappa shape index (κ1) is 26.4. The molecule has 2 atom stereocenters. The molecule has 6 rings (SSSR count). The topological polar surface area (TPSA) is 101 Å². The molecule has 11 heteroatoms. The SMILES string of the molecule is Cc1nnc(C2=C(C(=O)OC(c3ccccc3)c3ccccc3)N3C(=O)C(NC(=O)Cc4cccs4)[C@@H]3SC2)s1. The Hall–Kier alpha value is -3.80. The van der Waals surface area contributed by atoms with Gasteiger partial charge in [0.1, 0.15) is 27.1 Å². The third-order valence-electron chi connectivity index (χ3n) is 6.61. The van der Waals surface area contributed by atoms with Gasteiger partial charge < -0.3 is 10.1 Å². The molecule has 2 aliphatic heterocycles. The Morgan fingerprint density at radius 1 is 1.02 bits per heavy atom. The number of thiophene rings is 1. The molecule has 1 saturated heterocycles. The van der Waals surface area contributed by atoms with E-state index in [9.17, 15) is 14.4 Å². The van der Waals surface area contributed by atoms with Crippen LogP contribution in [0.1, 0.15) is 32.1 Å². The van der Waals surface area contributed by atoms with Crippen LogP contribution in [0, 0.1) is 6.92 Å². The van der Waals surface area contributed by atoms with E-state index in [0.29, 0.717) is 16.3 Å². The monoisotopic (exact) mass is 588 g/mol. The van der Waals surface area contributed by atoms with Gasteiger partial charge in [0.15, 0.2) is 6.10 Å². The number of carbonyl (C=O) groups is 3. The number of nitrogens with one attached hydrogen (secondary N) is 1. The number of nitrogens with zero attached hydrogens (tertiary/aromatic N) is 3. The molecule has 202 valence electrons. The Bertz CT molecular complexity index is 1530. The van der Waals surface area contributed by atoms with Crippen molar-refractivity contribution in [3.63, 3.8) is 0 Å². The van der Waals surface area contributed by atoms with Crippen molar-refractivity contribution in [3.05, 3.63) is 110 Å². The Balaban J connectivity index is 1.31. The maximum atomic E-state index is 14.0. The molecule has 2 amide bonds. The van der Waals surface area contributed by atoms with Crippen molar-refractivity contribution in [2.45, 2.75) is 30.9 Å². The fourth-order valence-electron chi connectivity index (χ4n) is 4.73. The highest BCUT2D eigenvalue weighted by molar-refractivity contribution is 8.00. The van der Waals surface area contributed by atoms with Gasteiger partial charge in [0, 0.05) is 16.2 Å². The molecule has 1 fully saturated rings. The average molecular weight is 589 g/mol. The van der Waals surface area contributed by atoms with Crippen LogP contribution in [-0.2, 0) is 25.5 Å². The van der Waals surface area contributed by atoms with Crippen LogP contribution in [0.15, 0.2) is 83.9 Å². The minimum Gasteiger partial charge on any atom is -0.448 e. The molecule has 4 aromatic rings. The number of thioether (sulfide) groups is 1. The van der Waals surface area contributed by atoms with Crippen LogP contribution in [0.25, 0.3) is 5.57 Å². The molecule has 2 aliphatic rings. The number of ether oxygens (including phenoxy) is 1. The summed E-state index contributed by atoms with van der Waals surface area (Å²) in [5.74, 6) is -0.777. The van der Waals surface area contributed by atoms with Gasteiger partial charge >= 0.3 is 5.97 Å². The lowest BCUT2D eigenvalue weighted by Gasteiger charge is -2.49. The van der Waals surface area contributed by atoms with E-state index >= 15 is 0 Å². The van der Waals surface area contributed by atoms with E-state index in [2.05, 4.69) is 15.5 Å². The van der Waals surface area contributed by atoms with Crippen LogP contribution < -0.4 is 5.32 Å². The van der Waals surface area contributed by atoms with Crippen molar-refractivity contribution in [2.24, 2.45) is 0 Å². The number of hydrogen-bond donors (Lipinski definition) is 1. The highest BCUT2D eigenvalue weighted by Gasteiger charge is 2.55. The van der Waals surface area contributed by atoms with Crippen LogP contribution in [0.3, 0.4) is 0 Å². The van der Waals surface area contributed by atoms with Gasteiger partial charge in [-0.2, -0.15) is 0 Å². The zero-order chi connectivity index (χ0) is 27.6. The van der Waals surface area contributed by atoms with Gasteiger partial charge in [0.25, 0.3) is 5.91 Å². The summed E-state index contributed by atoms with van der Waals surface area (Å²) in [4.78, 5) is 42.6. The van der Waals surface area contributed by atoms with Crippen LogP contribution in [0.5, 0.6) is 0 Å². The molecule has 8 nitrogen and oxygen atoms in total. The second kappa shape index (κ2) is 11.4. The summed E-state index contributed by atoms with van der Waals surface area (Å²) >= 11 is 4.34. The first-order valence-electron chi connectivity index (χ1n) is 12.6. The average Bonchev–Trinajstić information content (AvgIpc) is 3.66. The van der Waals surface area contributed by atoms with Crippen molar-refractivity contribution in [2.75, 3.05) is 5.75 Å². The summed E-state index contributed by atoms with van der Waals surface area (Å²) in [6.45, 7) is 1.84. The molecule has 2 aromatic carbocycles. The van der Waals surface area contributed by atoms with Gasteiger partial charge in [-0.3, -0.25) is 14.5 Å². The van der Waals surface area contributed by atoms with Gasteiger partial charge in [0.2, 0.25) is 5.91 Å². The molecule has 0 aliphatic carbocycles. The molecule has 0 radical (unpaired) electrons. The van der Waals surface area contributed by atoms with Crippen molar-refractivity contribution in [1.29, 1.82) is 0 Å². The van der Waals surface area contributed by atoms with Gasteiger partial charge in [0.05, 0.1) is 6.42 Å². The standard InChI is InChI=1S/C29H24N4O4S3/c1-17-31-32-26(40-17)21-16-39-28-23(30-22(34)15-20-13-8-14-38-20)27(35)33(28)24(21)29(36)37-25(18-9-4-2-5-10-18)19-11-6-3-7-12-19/h2-14,23,25,28H,15-16H2,1H3,(H,30,34)/t23?,28-/m0/s1. The zero-order valence-corrected chi connectivity index (χ0v) is 23.8. The predicted molar refractivity (Wildman–Crippen MR) is 155 cm³/mol. The highest BCUT2D eigenvalue weighted by Crippen LogP contribution is 2.44. The third-order valence-corrected chi connectivity index (χ3v) is 9.66. The summed E-state index contributed by atoms with van der Waals surface area (Å²) in [6, 6.07) is 22.0. The van der Waals surface area contributed by atoms with Crippen LogP contribution in [-0.4, -0.2) is 50.0 Å².